The number of carboxylic acids is 2. The Labute approximate surface area is 434 Å². The van der Waals surface area contributed by atoms with Crippen LogP contribution in [0.15, 0.2) is 60.7 Å². The van der Waals surface area contributed by atoms with Crippen LogP contribution in [0.25, 0.3) is 0 Å². The number of esters is 2. The predicted molar refractivity (Wildman–Crippen MR) is 258 cm³/mol. The zero-order valence-electron chi connectivity index (χ0n) is 41.1. The third kappa shape index (κ3) is 40.6. The van der Waals surface area contributed by atoms with Gasteiger partial charge in [0.15, 0.2) is 0 Å². The van der Waals surface area contributed by atoms with E-state index in [1.165, 1.54) is 65.2 Å². The predicted octanol–water partition coefficient (Wildman–Crippen LogP) is 11.1. The number of unbranched alkanes of at least 4 members (excludes halogenated alkanes) is 16. The van der Waals surface area contributed by atoms with Gasteiger partial charge in [-0.05, 0) is 75.3 Å². The van der Waals surface area contributed by atoms with Crippen molar-refractivity contribution in [2.45, 2.75) is 245 Å². The molecule has 0 heterocycles. The summed E-state index contributed by atoms with van der Waals surface area (Å²) in [5, 5.41) is 22.1. The summed E-state index contributed by atoms with van der Waals surface area (Å²) >= 11 is 0. The molecule has 2 aromatic rings. The molecule has 4 unspecified atom stereocenters. The van der Waals surface area contributed by atoms with E-state index in [-0.39, 0.29) is 98.1 Å². The fourth-order valence-corrected chi connectivity index (χ4v) is 7.93. The second-order valence-corrected chi connectivity index (χ2v) is 17.5. The van der Waals surface area contributed by atoms with Crippen molar-refractivity contribution >= 4 is 72.8 Å². The molecule has 4 atom stereocenters. The van der Waals surface area contributed by atoms with E-state index < -0.39 is 11.9 Å². The number of carbonyl (C=O) groups excluding carboxylic acids is 4. The van der Waals surface area contributed by atoms with Crippen LogP contribution in [0.1, 0.15) is 219 Å². The minimum Gasteiger partial charge on any atom is -0.550 e. The van der Waals surface area contributed by atoms with Crippen molar-refractivity contribution in [2.24, 2.45) is 0 Å². The van der Waals surface area contributed by atoms with Gasteiger partial charge >= 0.3 is 60.8 Å². The molecular weight excluding hydrogens is 946 g/mol. The summed E-state index contributed by atoms with van der Waals surface area (Å²) in [7, 11) is 0. The molecule has 0 radical (unpaired) electrons. The van der Waals surface area contributed by atoms with Crippen LogP contribution in [0, 0.1) is 0 Å². The average Bonchev–Trinajstić information content (AvgIpc) is 3.26. The Morgan fingerprint density at radius 3 is 0.938 bits per heavy atom. The molecule has 11 heteroatoms. The third-order valence-electron chi connectivity index (χ3n) is 11.5. The van der Waals surface area contributed by atoms with Gasteiger partial charge in [-0.25, -0.2) is 0 Å². The van der Waals surface area contributed by atoms with E-state index >= 15 is 0 Å². The van der Waals surface area contributed by atoms with Crippen molar-refractivity contribution in [2.75, 3.05) is 0 Å². The molecule has 364 valence electrons. The molecule has 0 saturated carbocycles. The normalized spacial score (nSPS) is 12.7. The molecule has 0 N–H and O–H groups in total. The first-order chi connectivity index (χ1) is 31.0. The number of benzene rings is 2. The first-order valence-electron chi connectivity index (χ1n) is 25.1. The Kier molecular flexibility index (Phi) is 42.8. The molecule has 2 rings (SSSR count). The third-order valence-corrected chi connectivity index (χ3v) is 11.5. The monoisotopic (exact) mass is 1030 g/mol. The quantitative estimate of drug-likeness (QED) is 0.0358. The second-order valence-electron chi connectivity index (χ2n) is 17.5. The largest absolute Gasteiger partial charge is 2.00 e. The molecule has 65 heavy (non-hydrogen) atoms. The number of carboxylic acid groups (broad SMARTS) is 2. The van der Waals surface area contributed by atoms with Gasteiger partial charge in [0.05, 0.1) is 25.4 Å². The maximum atomic E-state index is 11.4. The maximum absolute atomic E-state index is 11.4. The molecule has 0 aliphatic carbocycles. The zero-order valence-corrected chi connectivity index (χ0v) is 45.5. The number of rotatable bonds is 40. The molecular formula is C54H86BaO10. The van der Waals surface area contributed by atoms with Crippen LogP contribution in [0.5, 0.6) is 0 Å². The van der Waals surface area contributed by atoms with Gasteiger partial charge in [-0.15, -0.1) is 0 Å². The summed E-state index contributed by atoms with van der Waals surface area (Å²) in [5.41, 5.74) is 2.09. The van der Waals surface area contributed by atoms with Crippen molar-refractivity contribution in [3.05, 3.63) is 71.8 Å². The van der Waals surface area contributed by atoms with Crippen molar-refractivity contribution in [1.82, 2.24) is 0 Å². The van der Waals surface area contributed by atoms with Crippen molar-refractivity contribution in [3.8, 4) is 0 Å². The fourth-order valence-electron chi connectivity index (χ4n) is 7.93. The Hall–Kier alpha value is -2.19. The molecule has 0 aliphatic rings. The summed E-state index contributed by atoms with van der Waals surface area (Å²) in [6.07, 6.45) is 27.3. The molecule has 10 nitrogen and oxygen atoms in total. The van der Waals surface area contributed by atoms with Crippen molar-refractivity contribution in [3.63, 3.8) is 0 Å². The number of ether oxygens (including phenoxy) is 4. The van der Waals surface area contributed by atoms with Crippen molar-refractivity contribution < 1.29 is 48.3 Å². The van der Waals surface area contributed by atoms with E-state index in [9.17, 15) is 29.4 Å². The zero-order chi connectivity index (χ0) is 46.9. The fraction of sp³-hybridized carbons (Fsp3) is 0.704. The van der Waals surface area contributed by atoms with Gasteiger partial charge in [-0.3, -0.25) is 9.59 Å². The van der Waals surface area contributed by atoms with E-state index in [1.54, 1.807) is 0 Å². The molecule has 0 bridgehead atoms. The van der Waals surface area contributed by atoms with Gasteiger partial charge in [0, 0.05) is 38.6 Å². The SMILES string of the molecule is CCCCCCCC(CCCCCCCC(CC(=O)[O-])OCc1ccccc1)OC(C)=O.CCCCCCCC(CCCCCCCC(CC(=O)[O-])OCc1ccccc1)OC(C)=O.[Ba+2]. The molecule has 0 aromatic heterocycles. The molecule has 0 spiro atoms. The van der Waals surface area contributed by atoms with Gasteiger partial charge in [-0.2, -0.15) is 0 Å². The Morgan fingerprint density at radius 2 is 0.677 bits per heavy atom. The van der Waals surface area contributed by atoms with Crippen molar-refractivity contribution in [1.29, 1.82) is 0 Å². The van der Waals surface area contributed by atoms with Gasteiger partial charge in [0.2, 0.25) is 0 Å². The van der Waals surface area contributed by atoms with Gasteiger partial charge in [0.1, 0.15) is 12.2 Å². The molecule has 0 saturated heterocycles. The Bertz CT molecular complexity index is 1320. The van der Waals surface area contributed by atoms with Crippen LogP contribution >= 0.6 is 0 Å². The summed E-state index contributed by atoms with van der Waals surface area (Å²) in [6, 6.07) is 19.6. The van der Waals surface area contributed by atoms with Crippen LogP contribution in [-0.4, -0.2) is 97.2 Å². The van der Waals surface area contributed by atoms with Gasteiger partial charge < -0.3 is 38.7 Å². The minimum absolute atomic E-state index is 0. The second kappa shape index (κ2) is 44.3. The maximum Gasteiger partial charge on any atom is 2.00 e. The van der Waals surface area contributed by atoms with Gasteiger partial charge in [0.25, 0.3) is 0 Å². The standard InChI is InChI=1S/2C27H44O5.Ba/c2*1-3-4-5-7-13-18-25(32-23(2)28)19-14-8-6-9-15-20-26(21-27(29)30)31-22-24-16-11-10-12-17-24;/h2*10-12,16-17,25-26H,3-9,13-15,18-22H2,1-2H3,(H,29,30);/q;;+2/p-2. The summed E-state index contributed by atoms with van der Waals surface area (Å²) in [5.74, 6) is -2.49. The summed E-state index contributed by atoms with van der Waals surface area (Å²) < 4.78 is 22.7. The van der Waals surface area contributed by atoms with E-state index in [1.807, 2.05) is 60.7 Å². The minimum atomic E-state index is -1.06. The first kappa shape index (κ1) is 62.8. The van der Waals surface area contributed by atoms with Crippen LogP contribution in [0.3, 0.4) is 0 Å². The smallest absolute Gasteiger partial charge is 0.550 e. The summed E-state index contributed by atoms with van der Waals surface area (Å²) in [6.45, 7) is 8.26. The number of aliphatic carboxylic acids is 2. The number of hydrogen-bond donors (Lipinski definition) is 0. The molecule has 0 amide bonds. The molecule has 0 aliphatic heterocycles. The van der Waals surface area contributed by atoms with E-state index in [0.717, 1.165) is 127 Å². The summed E-state index contributed by atoms with van der Waals surface area (Å²) in [4.78, 5) is 44.8. The topological polar surface area (TPSA) is 151 Å². The van der Waals surface area contributed by atoms with E-state index in [2.05, 4.69) is 13.8 Å². The number of hydrogen-bond acceptors (Lipinski definition) is 10. The molecule has 0 fully saturated rings. The first-order valence-corrected chi connectivity index (χ1v) is 25.1. The number of carbonyl (C=O) groups is 4. The average molecular weight is 1030 g/mol. The van der Waals surface area contributed by atoms with Crippen LogP contribution in [0.4, 0.5) is 0 Å². The van der Waals surface area contributed by atoms with Crippen LogP contribution < -0.4 is 10.2 Å². The molecule has 2 aromatic carbocycles. The van der Waals surface area contributed by atoms with Crippen LogP contribution in [0.2, 0.25) is 0 Å². The Morgan fingerprint density at radius 1 is 0.415 bits per heavy atom. The van der Waals surface area contributed by atoms with Gasteiger partial charge in [-0.1, -0.05) is 177 Å². The van der Waals surface area contributed by atoms with Crippen LogP contribution in [-0.2, 0) is 51.3 Å². The van der Waals surface area contributed by atoms with E-state index in [4.69, 9.17) is 18.9 Å². The Balaban J connectivity index is 0.00000124. The van der Waals surface area contributed by atoms with E-state index in [0.29, 0.717) is 13.2 Å².